The normalized spacial score (nSPS) is 33.0. The fraction of sp³-hybridized carbons (Fsp3) is 0.684. The molecule has 2 saturated carbocycles. The first-order chi connectivity index (χ1) is 9.63. The maximum atomic E-state index is 2.48. The lowest BCUT2D eigenvalue weighted by Gasteiger charge is -2.37. The highest BCUT2D eigenvalue weighted by Crippen LogP contribution is 2.48. The molecular formula is C19H29N. The third-order valence-electron chi connectivity index (χ3n) is 5.72. The number of hydrogen-bond donors (Lipinski definition) is 0. The molecule has 1 nitrogen and oxygen atoms in total. The number of fused-ring (bicyclic) bond motifs is 1. The Hall–Kier alpha value is -0.980. The van der Waals surface area contributed by atoms with E-state index in [0.29, 0.717) is 0 Å². The lowest BCUT2D eigenvalue weighted by Crippen LogP contribution is -2.34. The van der Waals surface area contributed by atoms with E-state index in [4.69, 9.17) is 0 Å². The molecule has 2 aliphatic rings. The van der Waals surface area contributed by atoms with E-state index < -0.39 is 0 Å². The zero-order chi connectivity index (χ0) is 14.1. The van der Waals surface area contributed by atoms with E-state index in [0.717, 1.165) is 23.7 Å². The molecule has 110 valence electrons. The third-order valence-corrected chi connectivity index (χ3v) is 5.72. The maximum absolute atomic E-state index is 2.48. The molecule has 4 unspecified atom stereocenters. The number of aryl methyl sites for hydroxylation is 1. The van der Waals surface area contributed by atoms with Crippen LogP contribution in [-0.2, 0) is 0 Å². The Morgan fingerprint density at radius 3 is 2.60 bits per heavy atom. The van der Waals surface area contributed by atoms with Crippen LogP contribution in [0.4, 0.5) is 5.69 Å². The molecule has 1 aromatic carbocycles. The van der Waals surface area contributed by atoms with Crippen molar-refractivity contribution in [2.24, 2.45) is 23.7 Å². The van der Waals surface area contributed by atoms with Crippen LogP contribution in [0.2, 0.25) is 0 Å². The summed E-state index contributed by atoms with van der Waals surface area (Å²) in [4.78, 5) is 2.48. The molecule has 3 rings (SSSR count). The molecule has 20 heavy (non-hydrogen) atoms. The SMILES string of the molecule is Cc1ccc(N(C)CC2CCCC3CC(C)CC32)cc1. The fourth-order valence-electron chi connectivity index (χ4n) is 4.69. The Balaban J connectivity index is 1.65. The largest absolute Gasteiger partial charge is 0.374 e. The van der Waals surface area contributed by atoms with Crippen molar-refractivity contribution in [3.8, 4) is 0 Å². The van der Waals surface area contributed by atoms with Crippen LogP contribution in [-0.4, -0.2) is 13.6 Å². The van der Waals surface area contributed by atoms with Crippen LogP contribution in [0.1, 0.15) is 44.6 Å². The summed E-state index contributed by atoms with van der Waals surface area (Å²) < 4.78 is 0. The molecule has 0 amide bonds. The summed E-state index contributed by atoms with van der Waals surface area (Å²) in [6, 6.07) is 9.00. The van der Waals surface area contributed by atoms with Crippen LogP contribution in [0.25, 0.3) is 0 Å². The molecule has 0 aromatic heterocycles. The van der Waals surface area contributed by atoms with Crippen molar-refractivity contribution in [1.29, 1.82) is 0 Å². The molecule has 2 aliphatic carbocycles. The molecule has 1 heteroatoms. The zero-order valence-corrected chi connectivity index (χ0v) is 13.3. The van der Waals surface area contributed by atoms with Crippen molar-refractivity contribution in [2.45, 2.75) is 46.0 Å². The summed E-state index contributed by atoms with van der Waals surface area (Å²) in [5.74, 6) is 3.93. The molecule has 2 fully saturated rings. The van der Waals surface area contributed by atoms with Gasteiger partial charge in [-0.25, -0.2) is 0 Å². The first-order valence-electron chi connectivity index (χ1n) is 8.41. The third kappa shape index (κ3) is 2.87. The quantitative estimate of drug-likeness (QED) is 0.756. The summed E-state index contributed by atoms with van der Waals surface area (Å²) in [6.45, 7) is 5.87. The van der Waals surface area contributed by atoms with E-state index in [-0.39, 0.29) is 0 Å². The van der Waals surface area contributed by atoms with Gasteiger partial charge in [0.25, 0.3) is 0 Å². The van der Waals surface area contributed by atoms with Gasteiger partial charge >= 0.3 is 0 Å². The summed E-state index contributed by atoms with van der Waals surface area (Å²) >= 11 is 0. The average Bonchev–Trinajstić information content (AvgIpc) is 2.81. The average molecular weight is 271 g/mol. The fourth-order valence-corrected chi connectivity index (χ4v) is 4.69. The van der Waals surface area contributed by atoms with Crippen molar-refractivity contribution >= 4 is 5.69 Å². The van der Waals surface area contributed by atoms with E-state index in [2.05, 4.69) is 50.1 Å². The van der Waals surface area contributed by atoms with Gasteiger partial charge in [0.15, 0.2) is 0 Å². The van der Waals surface area contributed by atoms with Gasteiger partial charge in [-0.3, -0.25) is 0 Å². The van der Waals surface area contributed by atoms with E-state index >= 15 is 0 Å². The van der Waals surface area contributed by atoms with Gasteiger partial charge in [0, 0.05) is 19.3 Å². The first kappa shape index (κ1) is 14.0. The summed E-state index contributed by atoms with van der Waals surface area (Å²) in [5.41, 5.74) is 2.73. The zero-order valence-electron chi connectivity index (χ0n) is 13.3. The highest BCUT2D eigenvalue weighted by molar-refractivity contribution is 5.46. The molecule has 0 spiro atoms. The van der Waals surface area contributed by atoms with Gasteiger partial charge in [0.2, 0.25) is 0 Å². The number of rotatable bonds is 3. The van der Waals surface area contributed by atoms with Crippen molar-refractivity contribution in [3.05, 3.63) is 29.8 Å². The predicted molar refractivity (Wildman–Crippen MR) is 87.2 cm³/mol. The standard InChI is InChI=1S/C19H29N/c1-14-7-9-18(10-8-14)20(3)13-17-6-4-5-16-11-15(2)12-19(16)17/h7-10,15-17,19H,4-6,11-13H2,1-3H3. The van der Waals surface area contributed by atoms with Crippen LogP contribution >= 0.6 is 0 Å². The van der Waals surface area contributed by atoms with Gasteiger partial charge in [0.1, 0.15) is 0 Å². The van der Waals surface area contributed by atoms with E-state index in [1.54, 1.807) is 0 Å². The summed E-state index contributed by atoms with van der Waals surface area (Å²) in [5, 5.41) is 0. The molecular weight excluding hydrogens is 242 g/mol. The maximum Gasteiger partial charge on any atom is 0.0363 e. The van der Waals surface area contributed by atoms with Gasteiger partial charge in [-0.05, 0) is 62.0 Å². The minimum Gasteiger partial charge on any atom is -0.374 e. The Kier molecular flexibility index (Phi) is 4.05. The minimum atomic E-state index is 0.921. The molecule has 0 aliphatic heterocycles. The van der Waals surface area contributed by atoms with Crippen LogP contribution < -0.4 is 4.90 Å². The van der Waals surface area contributed by atoms with Crippen LogP contribution in [0, 0.1) is 30.6 Å². The molecule has 0 bridgehead atoms. The second-order valence-corrected chi connectivity index (χ2v) is 7.41. The summed E-state index contributed by atoms with van der Waals surface area (Å²) in [6.07, 6.45) is 7.39. The number of nitrogens with zero attached hydrogens (tertiary/aromatic N) is 1. The van der Waals surface area contributed by atoms with Crippen LogP contribution in [0.5, 0.6) is 0 Å². The number of benzene rings is 1. The lowest BCUT2D eigenvalue weighted by molar-refractivity contribution is 0.186. The minimum absolute atomic E-state index is 0.921. The molecule has 1 aromatic rings. The topological polar surface area (TPSA) is 3.24 Å². The van der Waals surface area contributed by atoms with Gasteiger partial charge in [-0.2, -0.15) is 0 Å². The van der Waals surface area contributed by atoms with Gasteiger partial charge in [0.05, 0.1) is 0 Å². The smallest absolute Gasteiger partial charge is 0.0363 e. The van der Waals surface area contributed by atoms with Gasteiger partial charge in [-0.15, -0.1) is 0 Å². The van der Waals surface area contributed by atoms with E-state index in [1.807, 2.05) is 0 Å². The van der Waals surface area contributed by atoms with Crippen molar-refractivity contribution in [3.63, 3.8) is 0 Å². The molecule has 4 atom stereocenters. The Morgan fingerprint density at radius 2 is 1.85 bits per heavy atom. The Morgan fingerprint density at radius 1 is 1.10 bits per heavy atom. The lowest BCUT2D eigenvalue weighted by atomic mass is 9.73. The first-order valence-corrected chi connectivity index (χ1v) is 8.41. The van der Waals surface area contributed by atoms with Crippen molar-refractivity contribution < 1.29 is 0 Å². The number of hydrogen-bond acceptors (Lipinski definition) is 1. The Labute approximate surface area is 124 Å². The second kappa shape index (κ2) is 5.79. The van der Waals surface area contributed by atoms with Crippen molar-refractivity contribution in [2.75, 3.05) is 18.5 Å². The summed E-state index contributed by atoms with van der Waals surface area (Å²) in [7, 11) is 2.27. The Bertz CT molecular complexity index is 436. The van der Waals surface area contributed by atoms with Gasteiger partial charge in [-0.1, -0.05) is 37.5 Å². The van der Waals surface area contributed by atoms with Gasteiger partial charge < -0.3 is 4.90 Å². The molecule has 0 heterocycles. The van der Waals surface area contributed by atoms with Crippen LogP contribution in [0.3, 0.4) is 0 Å². The highest BCUT2D eigenvalue weighted by atomic mass is 15.1. The van der Waals surface area contributed by atoms with Crippen molar-refractivity contribution in [1.82, 2.24) is 0 Å². The monoisotopic (exact) mass is 271 g/mol. The molecule has 0 N–H and O–H groups in total. The highest BCUT2D eigenvalue weighted by Gasteiger charge is 2.39. The molecule has 0 radical (unpaired) electrons. The van der Waals surface area contributed by atoms with E-state index in [9.17, 15) is 0 Å². The molecule has 0 saturated heterocycles. The van der Waals surface area contributed by atoms with E-state index in [1.165, 1.54) is 49.9 Å². The second-order valence-electron chi connectivity index (χ2n) is 7.41. The van der Waals surface area contributed by atoms with Crippen LogP contribution in [0.15, 0.2) is 24.3 Å². The number of anilines is 1. The predicted octanol–water partition coefficient (Wildman–Crippen LogP) is 4.89.